The molecule has 9 nitrogen and oxygen atoms in total. The first-order valence-corrected chi connectivity index (χ1v) is 11.0. The van der Waals surface area contributed by atoms with Crippen molar-refractivity contribution in [1.29, 1.82) is 0 Å². The SMILES string of the molecule is Cc1nc(-c2ccccc2)c(NC(=O)O[C@H]2CN3CCC2CC3)s1.O=C(O)/C=C/C(=O)O. The zero-order chi connectivity index (χ0) is 23.1. The van der Waals surface area contributed by atoms with E-state index in [0.29, 0.717) is 18.1 Å². The summed E-state index contributed by atoms with van der Waals surface area (Å²) in [5.74, 6) is -2.00. The molecule has 0 spiro atoms. The van der Waals surface area contributed by atoms with Gasteiger partial charge in [-0.15, -0.1) is 11.3 Å². The van der Waals surface area contributed by atoms with Crippen LogP contribution in [0, 0.1) is 12.8 Å². The van der Waals surface area contributed by atoms with Crippen molar-refractivity contribution in [3.8, 4) is 11.3 Å². The lowest BCUT2D eigenvalue weighted by Gasteiger charge is -2.43. The van der Waals surface area contributed by atoms with E-state index in [2.05, 4.69) is 15.2 Å². The van der Waals surface area contributed by atoms with Crippen LogP contribution in [0.25, 0.3) is 11.3 Å². The highest BCUT2D eigenvalue weighted by Crippen LogP contribution is 2.34. The number of nitrogens with zero attached hydrogens (tertiary/aromatic N) is 2. The fourth-order valence-electron chi connectivity index (χ4n) is 3.75. The van der Waals surface area contributed by atoms with Gasteiger partial charge in [-0.3, -0.25) is 10.2 Å². The van der Waals surface area contributed by atoms with Crippen molar-refractivity contribution in [3.63, 3.8) is 0 Å². The normalized spacial score (nSPS) is 21.5. The van der Waals surface area contributed by atoms with Crippen LogP contribution < -0.4 is 5.32 Å². The van der Waals surface area contributed by atoms with Gasteiger partial charge in [-0.2, -0.15) is 0 Å². The van der Waals surface area contributed by atoms with Crippen LogP contribution in [0.1, 0.15) is 17.8 Å². The van der Waals surface area contributed by atoms with E-state index in [0.717, 1.165) is 53.7 Å². The average Bonchev–Trinajstić information content (AvgIpc) is 3.14. The second kappa shape index (κ2) is 10.9. The van der Waals surface area contributed by atoms with Crippen LogP contribution in [0.5, 0.6) is 0 Å². The number of thiazole rings is 1. The maximum absolute atomic E-state index is 12.4. The number of nitrogens with one attached hydrogen (secondary N) is 1. The number of aromatic nitrogens is 1. The number of hydrogen-bond acceptors (Lipinski definition) is 7. The van der Waals surface area contributed by atoms with Gasteiger partial charge in [0.25, 0.3) is 0 Å². The Balaban J connectivity index is 0.000000312. The lowest BCUT2D eigenvalue weighted by Crippen LogP contribution is -2.52. The minimum atomic E-state index is -1.26. The van der Waals surface area contributed by atoms with Gasteiger partial charge in [0.15, 0.2) is 0 Å². The molecule has 0 unspecified atom stereocenters. The third kappa shape index (κ3) is 6.63. The van der Waals surface area contributed by atoms with Crippen LogP contribution in [0.3, 0.4) is 0 Å². The maximum Gasteiger partial charge on any atom is 0.412 e. The quantitative estimate of drug-likeness (QED) is 0.580. The number of amides is 1. The third-order valence-electron chi connectivity index (χ3n) is 5.22. The van der Waals surface area contributed by atoms with Crippen LogP contribution in [0.15, 0.2) is 42.5 Å². The molecule has 3 aliphatic rings. The number of carbonyl (C=O) groups is 3. The second-order valence-electron chi connectivity index (χ2n) is 7.49. The number of hydrogen-bond donors (Lipinski definition) is 3. The Kier molecular flexibility index (Phi) is 7.96. The summed E-state index contributed by atoms with van der Waals surface area (Å²) < 4.78 is 5.72. The number of ether oxygens (including phenoxy) is 1. The Bertz CT molecular complexity index is 967. The minimum absolute atomic E-state index is 0.0155. The Labute approximate surface area is 189 Å². The lowest BCUT2D eigenvalue weighted by atomic mass is 9.86. The molecule has 170 valence electrons. The highest BCUT2D eigenvalue weighted by Gasteiger charge is 2.36. The molecule has 3 fully saturated rings. The molecule has 3 N–H and O–H groups in total. The Morgan fingerprint density at radius 3 is 2.28 bits per heavy atom. The average molecular weight is 460 g/mol. The van der Waals surface area contributed by atoms with Gasteiger partial charge in [0.1, 0.15) is 16.8 Å². The van der Waals surface area contributed by atoms with E-state index in [4.69, 9.17) is 14.9 Å². The molecule has 0 aliphatic carbocycles. The van der Waals surface area contributed by atoms with Gasteiger partial charge in [0, 0.05) is 24.3 Å². The maximum atomic E-state index is 12.4. The molecule has 1 atom stereocenters. The zero-order valence-corrected chi connectivity index (χ0v) is 18.4. The molecule has 2 aromatic rings. The lowest BCUT2D eigenvalue weighted by molar-refractivity contribution is -0.134. The Morgan fingerprint density at radius 1 is 1.12 bits per heavy atom. The molecular formula is C22H25N3O6S. The number of carboxylic acid groups (broad SMARTS) is 2. The molecule has 3 saturated heterocycles. The molecule has 0 saturated carbocycles. The molecular weight excluding hydrogens is 434 g/mol. The van der Waals surface area contributed by atoms with Crippen LogP contribution in [0.4, 0.5) is 9.80 Å². The van der Waals surface area contributed by atoms with Crippen molar-refractivity contribution in [3.05, 3.63) is 47.5 Å². The first-order chi connectivity index (χ1) is 15.3. The number of anilines is 1. The number of carboxylic acids is 2. The van der Waals surface area contributed by atoms with Gasteiger partial charge >= 0.3 is 18.0 Å². The standard InChI is InChI=1S/C18H21N3O2S.C4H4O4/c1-12-19-16(14-5-3-2-4-6-14)17(24-12)20-18(22)23-15-11-21-9-7-13(15)8-10-21;5-3(6)1-2-4(7)8/h2-6,13,15H,7-11H2,1H3,(H,20,22);1-2H,(H,5,6)(H,7,8)/b;2-1+/t15-;/m0./s1. The second-order valence-corrected chi connectivity index (χ2v) is 8.70. The topological polar surface area (TPSA) is 129 Å². The fraction of sp³-hybridized carbons (Fsp3) is 0.364. The van der Waals surface area contributed by atoms with E-state index in [-0.39, 0.29) is 12.2 Å². The van der Waals surface area contributed by atoms with Gasteiger partial charge in [0.2, 0.25) is 0 Å². The summed E-state index contributed by atoms with van der Waals surface area (Å²) in [7, 11) is 0. The number of piperidine rings is 3. The number of benzene rings is 1. The first-order valence-electron chi connectivity index (χ1n) is 10.2. The van der Waals surface area contributed by atoms with Crippen LogP contribution in [0.2, 0.25) is 0 Å². The molecule has 10 heteroatoms. The number of fused-ring (bicyclic) bond motifs is 3. The van der Waals surface area contributed by atoms with Crippen molar-refractivity contribution in [2.24, 2.45) is 5.92 Å². The summed E-state index contributed by atoms with van der Waals surface area (Å²) >= 11 is 1.48. The van der Waals surface area contributed by atoms with Gasteiger partial charge in [-0.05, 0) is 38.8 Å². The van der Waals surface area contributed by atoms with Crippen LogP contribution in [-0.4, -0.2) is 63.9 Å². The van der Waals surface area contributed by atoms with E-state index in [1.807, 2.05) is 37.3 Å². The molecule has 3 aliphatic heterocycles. The van der Waals surface area contributed by atoms with Crippen LogP contribution >= 0.6 is 11.3 Å². The monoisotopic (exact) mass is 459 g/mol. The molecule has 4 heterocycles. The van der Waals surface area contributed by atoms with Crippen molar-refractivity contribution in [2.75, 3.05) is 25.0 Å². The molecule has 2 bridgehead atoms. The summed E-state index contributed by atoms with van der Waals surface area (Å²) in [5.41, 5.74) is 1.81. The zero-order valence-electron chi connectivity index (χ0n) is 17.6. The van der Waals surface area contributed by atoms with E-state index in [9.17, 15) is 14.4 Å². The van der Waals surface area contributed by atoms with Crippen LogP contribution in [-0.2, 0) is 14.3 Å². The van der Waals surface area contributed by atoms with Crippen molar-refractivity contribution in [1.82, 2.24) is 9.88 Å². The van der Waals surface area contributed by atoms with Gasteiger partial charge in [0.05, 0.1) is 5.01 Å². The summed E-state index contributed by atoms with van der Waals surface area (Å²) in [4.78, 5) is 38.4. The number of aliphatic carboxylic acids is 2. The molecule has 32 heavy (non-hydrogen) atoms. The molecule has 1 aromatic carbocycles. The number of carbonyl (C=O) groups excluding carboxylic acids is 1. The van der Waals surface area contributed by atoms with E-state index in [1.165, 1.54) is 11.3 Å². The molecule has 1 amide bonds. The Hall–Kier alpha value is -3.24. The minimum Gasteiger partial charge on any atom is -0.478 e. The summed E-state index contributed by atoms with van der Waals surface area (Å²) in [6.45, 7) is 5.09. The Morgan fingerprint density at radius 2 is 1.75 bits per heavy atom. The fourth-order valence-corrected chi connectivity index (χ4v) is 4.58. The number of rotatable bonds is 5. The van der Waals surface area contributed by atoms with Crippen molar-refractivity contribution >= 4 is 34.4 Å². The predicted molar refractivity (Wildman–Crippen MR) is 120 cm³/mol. The largest absolute Gasteiger partial charge is 0.478 e. The number of aryl methyl sites for hydroxylation is 1. The van der Waals surface area contributed by atoms with Crippen molar-refractivity contribution < 1.29 is 29.3 Å². The molecule has 1 aromatic heterocycles. The summed E-state index contributed by atoms with van der Waals surface area (Å²) in [6, 6.07) is 9.91. The third-order valence-corrected chi connectivity index (χ3v) is 6.11. The summed E-state index contributed by atoms with van der Waals surface area (Å²) in [6.07, 6.45) is 3.03. The highest BCUT2D eigenvalue weighted by atomic mass is 32.1. The van der Waals surface area contributed by atoms with Gasteiger partial charge < -0.3 is 14.9 Å². The smallest absolute Gasteiger partial charge is 0.412 e. The van der Waals surface area contributed by atoms with E-state index >= 15 is 0 Å². The first kappa shape index (κ1) is 23.4. The highest BCUT2D eigenvalue weighted by molar-refractivity contribution is 7.16. The molecule has 0 radical (unpaired) electrons. The van der Waals surface area contributed by atoms with Gasteiger partial charge in [-0.1, -0.05) is 30.3 Å². The van der Waals surface area contributed by atoms with E-state index < -0.39 is 11.9 Å². The summed E-state index contributed by atoms with van der Waals surface area (Å²) in [5, 5.41) is 20.2. The van der Waals surface area contributed by atoms with Gasteiger partial charge in [-0.25, -0.2) is 19.4 Å². The molecule has 5 rings (SSSR count). The predicted octanol–water partition coefficient (Wildman–Crippen LogP) is 3.47. The van der Waals surface area contributed by atoms with E-state index in [1.54, 1.807) is 0 Å². The van der Waals surface area contributed by atoms with Crippen molar-refractivity contribution in [2.45, 2.75) is 25.9 Å².